The van der Waals surface area contributed by atoms with Gasteiger partial charge in [-0.25, -0.2) is 8.42 Å². The maximum atomic E-state index is 13.9. The number of nitro benzene ring substituents is 1. The van der Waals surface area contributed by atoms with E-state index in [0.717, 1.165) is 40.4 Å². The van der Waals surface area contributed by atoms with E-state index in [-0.39, 0.29) is 17.0 Å². The van der Waals surface area contributed by atoms with Gasteiger partial charge in [-0.15, -0.1) is 0 Å². The van der Waals surface area contributed by atoms with Crippen LogP contribution in [0.25, 0.3) is 22.0 Å². The predicted molar refractivity (Wildman–Crippen MR) is 190 cm³/mol. The van der Waals surface area contributed by atoms with Crippen molar-refractivity contribution in [3.8, 4) is 11.1 Å². The monoisotopic (exact) mass is 711 g/mol. The molecule has 1 N–H and O–H groups in total. The van der Waals surface area contributed by atoms with Crippen LogP contribution in [0.15, 0.2) is 132 Å². The number of hydrogen-bond acceptors (Lipinski definition) is 6. The van der Waals surface area contributed by atoms with E-state index in [1.54, 1.807) is 48.7 Å². The first kappa shape index (κ1) is 33.6. The summed E-state index contributed by atoms with van der Waals surface area (Å²) in [5.74, 6) is -0.653. The number of amides is 1. The summed E-state index contributed by atoms with van der Waals surface area (Å²) in [6.07, 6.45) is 1.53. The van der Waals surface area contributed by atoms with Crippen molar-refractivity contribution in [2.24, 2.45) is 0 Å². The van der Waals surface area contributed by atoms with Crippen LogP contribution >= 0.6 is 23.2 Å². The first-order valence-electron chi connectivity index (χ1n) is 15.0. The summed E-state index contributed by atoms with van der Waals surface area (Å²) in [4.78, 5) is 37.7. The molecule has 6 aromatic rings. The largest absolute Gasteiger partial charge is 0.342 e. The molecular weight excluding hydrogens is 685 g/mol. The van der Waals surface area contributed by atoms with Crippen LogP contribution in [0.5, 0.6) is 0 Å². The Morgan fingerprint density at radius 2 is 1.43 bits per heavy atom. The molecule has 1 aromatic heterocycles. The molecule has 0 aliphatic carbocycles. The average molecular weight is 713 g/mol. The minimum absolute atomic E-state index is 0.140. The number of sulfone groups is 1. The van der Waals surface area contributed by atoms with Crippen molar-refractivity contribution in [1.29, 1.82) is 0 Å². The normalized spacial score (nSPS) is 12.0. The smallest absolute Gasteiger partial charge is 0.289 e. The van der Waals surface area contributed by atoms with Crippen molar-refractivity contribution in [2.45, 2.75) is 23.9 Å². The zero-order chi connectivity index (χ0) is 34.7. The Labute approximate surface area is 291 Å². The van der Waals surface area contributed by atoms with Crippen LogP contribution in [-0.4, -0.2) is 35.0 Å². The van der Waals surface area contributed by atoms with Gasteiger partial charge >= 0.3 is 0 Å². The van der Waals surface area contributed by atoms with Crippen molar-refractivity contribution in [1.82, 2.24) is 9.88 Å². The molecular formula is C37H27Cl2N3O6S. The molecule has 1 amide bonds. The number of nitrogens with zero attached hydrogens (tertiary/aromatic N) is 2. The molecule has 9 nitrogen and oxygen atoms in total. The van der Waals surface area contributed by atoms with Crippen LogP contribution in [-0.2, 0) is 27.6 Å². The molecule has 49 heavy (non-hydrogen) atoms. The Balaban J connectivity index is 1.30. The molecule has 6 rings (SSSR count). The highest BCUT2D eigenvalue weighted by molar-refractivity contribution is 8.06. The minimum atomic E-state index is -4.79. The van der Waals surface area contributed by atoms with Crippen LogP contribution in [0.1, 0.15) is 21.5 Å². The van der Waals surface area contributed by atoms with Gasteiger partial charge in [0.25, 0.3) is 16.7 Å². The summed E-state index contributed by atoms with van der Waals surface area (Å²) in [6, 6.07) is 32.8. The van der Waals surface area contributed by atoms with E-state index in [0.29, 0.717) is 22.5 Å². The third-order valence-corrected chi connectivity index (χ3v) is 10.3. The number of nitro groups is 1. The first-order valence-corrected chi connectivity index (χ1v) is 17.3. The number of carbonyl (C=O) groups is 2. The van der Waals surface area contributed by atoms with Crippen LogP contribution in [0.3, 0.4) is 0 Å². The van der Waals surface area contributed by atoms with Gasteiger partial charge in [0.1, 0.15) is 11.1 Å². The Morgan fingerprint density at radius 1 is 0.796 bits per heavy atom. The van der Waals surface area contributed by atoms with Gasteiger partial charge in [0.2, 0.25) is 9.84 Å². The molecule has 5 aromatic carbocycles. The molecule has 0 bridgehead atoms. The Bertz CT molecular complexity index is 2310. The second-order valence-electron chi connectivity index (χ2n) is 11.3. The van der Waals surface area contributed by atoms with Gasteiger partial charge in [0, 0.05) is 41.2 Å². The second kappa shape index (κ2) is 14.1. The molecule has 0 radical (unpaired) electrons. The van der Waals surface area contributed by atoms with Crippen molar-refractivity contribution < 1.29 is 22.9 Å². The molecule has 246 valence electrons. The van der Waals surface area contributed by atoms with Gasteiger partial charge in [-0.05, 0) is 52.6 Å². The van der Waals surface area contributed by atoms with Crippen LogP contribution < -0.4 is 5.32 Å². The molecule has 0 spiro atoms. The van der Waals surface area contributed by atoms with E-state index >= 15 is 0 Å². The summed E-state index contributed by atoms with van der Waals surface area (Å²) in [7, 11) is -4.79. The second-order valence-corrected chi connectivity index (χ2v) is 14.0. The topological polar surface area (TPSA) is 128 Å². The lowest BCUT2D eigenvalue weighted by molar-refractivity contribution is -0.384. The Kier molecular flexibility index (Phi) is 9.64. The first-order chi connectivity index (χ1) is 23.5. The van der Waals surface area contributed by atoms with Crippen LogP contribution in [0.4, 0.5) is 5.69 Å². The fourth-order valence-electron chi connectivity index (χ4n) is 5.58. The molecule has 0 saturated carbocycles. The number of rotatable bonds is 10. The number of aromatic nitrogens is 1. The zero-order valence-electron chi connectivity index (χ0n) is 25.6. The van der Waals surface area contributed by atoms with Crippen LogP contribution in [0, 0.1) is 10.1 Å². The minimum Gasteiger partial charge on any atom is -0.342 e. The highest BCUT2D eigenvalue weighted by atomic mass is 35.5. The summed E-state index contributed by atoms with van der Waals surface area (Å²) < 4.78 is 29.0. The SMILES string of the molecule is O=C(N[C@H](Cc1ccccc1)C(=O)S(=O)(=O)c1ccc(Cl)c([N+](=O)[O-])c1)c1cn(Cc2ccc(-c3ccc(Cl)cc3)cc2)c2ccccc12. The number of fused-ring (bicyclic) bond motifs is 1. The van der Waals surface area contributed by atoms with E-state index in [4.69, 9.17) is 23.2 Å². The lowest BCUT2D eigenvalue weighted by Gasteiger charge is -2.18. The summed E-state index contributed by atoms with van der Waals surface area (Å²) in [5.41, 5.74) is 3.98. The summed E-state index contributed by atoms with van der Waals surface area (Å²) in [6.45, 7) is 0.435. The van der Waals surface area contributed by atoms with E-state index in [9.17, 15) is 28.1 Å². The van der Waals surface area contributed by atoms with Gasteiger partial charge in [-0.2, -0.15) is 0 Å². The third kappa shape index (κ3) is 7.26. The molecule has 0 unspecified atom stereocenters. The number of benzene rings is 5. The Morgan fingerprint density at radius 3 is 2.10 bits per heavy atom. The van der Waals surface area contributed by atoms with Crippen LogP contribution in [0.2, 0.25) is 10.0 Å². The fraction of sp³-hybridized carbons (Fsp3) is 0.0811. The highest BCUT2D eigenvalue weighted by Gasteiger charge is 2.35. The quantitative estimate of drug-likeness (QED) is 0.114. The highest BCUT2D eigenvalue weighted by Crippen LogP contribution is 2.29. The lowest BCUT2D eigenvalue weighted by Crippen LogP contribution is -2.45. The summed E-state index contributed by atoms with van der Waals surface area (Å²) >= 11 is 11.9. The van der Waals surface area contributed by atoms with Crippen molar-refractivity contribution >= 4 is 60.7 Å². The third-order valence-electron chi connectivity index (χ3n) is 8.08. The average Bonchev–Trinajstić information content (AvgIpc) is 3.47. The van der Waals surface area contributed by atoms with E-state index in [2.05, 4.69) is 5.32 Å². The van der Waals surface area contributed by atoms with E-state index in [1.165, 1.54) is 0 Å². The molecule has 0 fully saturated rings. The van der Waals surface area contributed by atoms with Crippen molar-refractivity contribution in [2.75, 3.05) is 0 Å². The van der Waals surface area contributed by atoms with Gasteiger partial charge in [-0.3, -0.25) is 19.7 Å². The standard InChI is InChI=1S/C37H27Cl2N3O6S/c38-28-16-14-27(15-17-28)26-12-10-25(11-13-26)22-41-23-31(30-8-4-5-9-34(30)41)36(43)40-33(20-24-6-2-1-3-7-24)37(44)49(47,48)29-18-19-32(39)35(21-29)42(45)46/h1-19,21,23,33H,20,22H2,(H,40,43)/t33-/m1/s1. The zero-order valence-corrected chi connectivity index (χ0v) is 28.0. The predicted octanol–water partition coefficient (Wildman–Crippen LogP) is 7.91. The summed E-state index contributed by atoms with van der Waals surface area (Å²) in [5, 5.41) is 13.8. The van der Waals surface area contributed by atoms with Gasteiger partial charge in [0.15, 0.2) is 0 Å². The number of nitrogens with one attached hydrogen (secondary N) is 1. The number of carbonyl (C=O) groups excluding carboxylic acids is 2. The van der Waals surface area contributed by atoms with Gasteiger partial charge < -0.3 is 9.88 Å². The maximum Gasteiger partial charge on any atom is 0.289 e. The van der Waals surface area contributed by atoms with Crippen molar-refractivity contribution in [3.05, 3.63) is 164 Å². The van der Waals surface area contributed by atoms with Crippen molar-refractivity contribution in [3.63, 3.8) is 0 Å². The molecule has 1 heterocycles. The number of hydrogen-bond donors (Lipinski definition) is 1. The molecule has 1 atom stereocenters. The molecule has 0 aliphatic heterocycles. The molecule has 0 aliphatic rings. The lowest BCUT2D eigenvalue weighted by atomic mass is 10.0. The number of halogens is 2. The van der Waals surface area contributed by atoms with E-state index < -0.39 is 42.4 Å². The van der Waals surface area contributed by atoms with E-state index in [1.807, 2.05) is 65.2 Å². The molecule has 12 heteroatoms. The van der Waals surface area contributed by atoms with Gasteiger partial charge in [-0.1, -0.05) is 108 Å². The molecule has 0 saturated heterocycles. The fourth-order valence-corrected chi connectivity index (χ4v) is 7.16. The number of para-hydroxylation sites is 1. The maximum absolute atomic E-state index is 13.9. The Hall–Kier alpha value is -5.29. The van der Waals surface area contributed by atoms with Gasteiger partial charge in [0.05, 0.1) is 15.4 Å².